The average molecular weight is 508 g/mol. The van der Waals surface area contributed by atoms with Gasteiger partial charge in [0, 0.05) is 52.4 Å². The van der Waals surface area contributed by atoms with Crippen LogP contribution in [0.5, 0.6) is 0 Å². The number of likely N-dealkylation sites (tertiary alicyclic amines) is 1. The number of nitrogens with one attached hydrogen (secondary N) is 1. The van der Waals surface area contributed by atoms with Gasteiger partial charge >= 0.3 is 0 Å². The summed E-state index contributed by atoms with van der Waals surface area (Å²) in [6, 6.07) is -0.00319. The van der Waals surface area contributed by atoms with Crippen molar-refractivity contribution in [1.29, 1.82) is 0 Å². The maximum absolute atomic E-state index is 12.7. The third kappa shape index (κ3) is 8.05. The van der Waals surface area contributed by atoms with Gasteiger partial charge in [-0.25, -0.2) is 0 Å². The molecule has 0 aromatic heterocycles. The van der Waals surface area contributed by atoms with E-state index in [0.29, 0.717) is 11.3 Å². The summed E-state index contributed by atoms with van der Waals surface area (Å²) >= 11 is 0. The molecule has 2 fully saturated rings. The number of guanidine groups is 1. The molecule has 2 rings (SSSR count). The summed E-state index contributed by atoms with van der Waals surface area (Å²) < 4.78 is 0. The molecule has 28 heavy (non-hydrogen) atoms. The van der Waals surface area contributed by atoms with Crippen LogP contribution in [0.3, 0.4) is 0 Å². The highest BCUT2D eigenvalue weighted by atomic mass is 127. The van der Waals surface area contributed by atoms with E-state index in [1.54, 1.807) is 0 Å². The highest BCUT2D eigenvalue weighted by Gasteiger charge is 2.30. The molecule has 2 aliphatic heterocycles. The molecule has 2 aliphatic rings. The molecule has 164 valence electrons. The smallest absolute Gasteiger partial charge is 0.239 e. The van der Waals surface area contributed by atoms with Gasteiger partial charge in [0.05, 0.1) is 6.04 Å². The van der Waals surface area contributed by atoms with Crippen molar-refractivity contribution in [2.45, 2.75) is 66.3 Å². The Balaban J connectivity index is 0.00000392. The molecule has 6 nitrogen and oxygen atoms in total. The SMILES string of the molecule is CCNC(=NCCCC(C)(C)C)N1CCN(C(C)C(=O)N2CCCC2)CC1.I. The number of piperazine rings is 1. The Hall–Kier alpha value is -0.570. The van der Waals surface area contributed by atoms with E-state index in [1.807, 2.05) is 4.90 Å². The van der Waals surface area contributed by atoms with Crippen molar-refractivity contribution in [2.24, 2.45) is 10.4 Å². The number of carbonyl (C=O) groups excluding carboxylic acids is 1. The number of nitrogens with zero attached hydrogens (tertiary/aromatic N) is 4. The molecular formula is C21H42IN5O. The van der Waals surface area contributed by atoms with Gasteiger partial charge in [-0.1, -0.05) is 20.8 Å². The first-order chi connectivity index (χ1) is 12.8. The van der Waals surface area contributed by atoms with E-state index in [0.717, 1.165) is 77.6 Å². The fourth-order valence-corrected chi connectivity index (χ4v) is 3.90. The van der Waals surface area contributed by atoms with Crippen LogP contribution in [0.1, 0.15) is 60.3 Å². The van der Waals surface area contributed by atoms with Gasteiger partial charge < -0.3 is 15.1 Å². The van der Waals surface area contributed by atoms with Crippen LogP contribution in [-0.4, -0.2) is 85.0 Å². The van der Waals surface area contributed by atoms with E-state index in [1.165, 1.54) is 6.42 Å². The van der Waals surface area contributed by atoms with E-state index < -0.39 is 0 Å². The van der Waals surface area contributed by atoms with E-state index in [-0.39, 0.29) is 30.0 Å². The predicted octanol–water partition coefficient (Wildman–Crippen LogP) is 3.02. The van der Waals surface area contributed by atoms with Crippen LogP contribution < -0.4 is 5.32 Å². The quantitative estimate of drug-likeness (QED) is 0.260. The second-order valence-corrected chi connectivity index (χ2v) is 9.13. The molecule has 2 saturated heterocycles. The van der Waals surface area contributed by atoms with Crippen molar-refractivity contribution in [3.63, 3.8) is 0 Å². The second kappa shape index (κ2) is 12.2. The van der Waals surface area contributed by atoms with Crippen molar-refractivity contribution in [2.75, 3.05) is 52.4 Å². The number of rotatable bonds is 6. The minimum atomic E-state index is -0.00319. The normalized spacial score (nSPS) is 20.1. The van der Waals surface area contributed by atoms with Gasteiger partial charge in [0.1, 0.15) is 0 Å². The Morgan fingerprint density at radius 2 is 1.64 bits per heavy atom. The lowest BCUT2D eigenvalue weighted by Crippen LogP contribution is -2.57. The first-order valence-electron chi connectivity index (χ1n) is 10.9. The Bertz CT molecular complexity index is 492. The lowest BCUT2D eigenvalue weighted by molar-refractivity contribution is -0.135. The summed E-state index contributed by atoms with van der Waals surface area (Å²) in [7, 11) is 0. The molecule has 1 amide bonds. The van der Waals surface area contributed by atoms with E-state index in [4.69, 9.17) is 4.99 Å². The number of hydrogen-bond acceptors (Lipinski definition) is 3. The Kier molecular flexibility index (Phi) is 11.1. The third-order valence-electron chi connectivity index (χ3n) is 5.62. The van der Waals surface area contributed by atoms with Gasteiger partial charge in [-0.3, -0.25) is 14.7 Å². The number of amides is 1. The van der Waals surface area contributed by atoms with Crippen molar-refractivity contribution >= 4 is 35.8 Å². The molecule has 1 unspecified atom stereocenters. The van der Waals surface area contributed by atoms with Gasteiger partial charge in [-0.05, 0) is 44.9 Å². The van der Waals surface area contributed by atoms with Crippen molar-refractivity contribution in [1.82, 2.24) is 20.0 Å². The van der Waals surface area contributed by atoms with E-state index in [9.17, 15) is 4.79 Å². The highest BCUT2D eigenvalue weighted by Crippen LogP contribution is 2.20. The van der Waals surface area contributed by atoms with Crippen molar-refractivity contribution < 1.29 is 4.79 Å². The fraction of sp³-hybridized carbons (Fsp3) is 0.905. The third-order valence-corrected chi connectivity index (χ3v) is 5.62. The van der Waals surface area contributed by atoms with Gasteiger partial charge in [0.15, 0.2) is 5.96 Å². The summed E-state index contributed by atoms with van der Waals surface area (Å²) in [6.07, 6.45) is 4.63. The number of hydrogen-bond donors (Lipinski definition) is 1. The molecule has 0 radical (unpaired) electrons. The van der Waals surface area contributed by atoms with Gasteiger partial charge in [-0.2, -0.15) is 0 Å². The van der Waals surface area contributed by atoms with E-state index in [2.05, 4.69) is 49.7 Å². The zero-order chi connectivity index (χ0) is 19.9. The Morgan fingerprint density at radius 3 is 2.18 bits per heavy atom. The minimum absolute atomic E-state index is 0. The summed E-state index contributed by atoms with van der Waals surface area (Å²) in [6.45, 7) is 18.4. The van der Waals surface area contributed by atoms with Crippen LogP contribution in [0.25, 0.3) is 0 Å². The monoisotopic (exact) mass is 507 g/mol. The largest absolute Gasteiger partial charge is 0.357 e. The lowest BCUT2D eigenvalue weighted by atomic mass is 9.91. The Labute approximate surface area is 189 Å². The minimum Gasteiger partial charge on any atom is -0.357 e. The maximum atomic E-state index is 12.7. The first kappa shape index (κ1) is 25.5. The average Bonchev–Trinajstić information content (AvgIpc) is 3.17. The molecule has 0 bridgehead atoms. The second-order valence-electron chi connectivity index (χ2n) is 9.13. The van der Waals surface area contributed by atoms with Crippen LogP contribution in [0.2, 0.25) is 0 Å². The zero-order valence-electron chi connectivity index (χ0n) is 18.7. The number of aliphatic imine (C=N–C) groups is 1. The molecule has 0 saturated carbocycles. The molecule has 0 aromatic rings. The zero-order valence-corrected chi connectivity index (χ0v) is 21.0. The summed E-state index contributed by atoms with van der Waals surface area (Å²) in [4.78, 5) is 24.2. The van der Waals surface area contributed by atoms with E-state index >= 15 is 0 Å². The van der Waals surface area contributed by atoms with Crippen LogP contribution in [0.4, 0.5) is 0 Å². The summed E-state index contributed by atoms with van der Waals surface area (Å²) in [5, 5.41) is 3.44. The van der Waals surface area contributed by atoms with Crippen LogP contribution in [0, 0.1) is 5.41 Å². The maximum Gasteiger partial charge on any atom is 0.239 e. The van der Waals surface area contributed by atoms with Gasteiger partial charge in [-0.15, -0.1) is 24.0 Å². The molecule has 7 heteroatoms. The summed E-state index contributed by atoms with van der Waals surface area (Å²) in [5.41, 5.74) is 0.373. The fourth-order valence-electron chi connectivity index (χ4n) is 3.90. The Morgan fingerprint density at radius 1 is 1.04 bits per heavy atom. The van der Waals surface area contributed by atoms with Crippen molar-refractivity contribution in [3.05, 3.63) is 0 Å². The summed E-state index contributed by atoms with van der Waals surface area (Å²) in [5.74, 6) is 1.34. The van der Waals surface area contributed by atoms with Crippen LogP contribution >= 0.6 is 24.0 Å². The molecule has 0 aromatic carbocycles. The highest BCUT2D eigenvalue weighted by molar-refractivity contribution is 14.0. The molecule has 1 atom stereocenters. The molecule has 0 spiro atoms. The van der Waals surface area contributed by atoms with Crippen LogP contribution in [-0.2, 0) is 4.79 Å². The lowest BCUT2D eigenvalue weighted by Gasteiger charge is -2.39. The molecule has 1 N–H and O–H groups in total. The topological polar surface area (TPSA) is 51.2 Å². The first-order valence-corrected chi connectivity index (χ1v) is 10.9. The number of carbonyl (C=O) groups is 1. The molecule has 0 aliphatic carbocycles. The number of halogens is 1. The van der Waals surface area contributed by atoms with Crippen LogP contribution in [0.15, 0.2) is 4.99 Å². The van der Waals surface area contributed by atoms with Gasteiger partial charge in [0.2, 0.25) is 5.91 Å². The molecule has 2 heterocycles. The standard InChI is InChI=1S/C21H41N5O.HI/c1-6-22-20(23-11-9-10-21(3,4)5)26-16-14-24(15-17-26)18(2)19(27)25-12-7-8-13-25;/h18H,6-17H2,1-5H3,(H,22,23);1H. The van der Waals surface area contributed by atoms with Gasteiger partial charge in [0.25, 0.3) is 0 Å². The predicted molar refractivity (Wildman–Crippen MR) is 129 cm³/mol. The molecular weight excluding hydrogens is 465 g/mol. The van der Waals surface area contributed by atoms with Crippen molar-refractivity contribution in [3.8, 4) is 0 Å².